The number of carbonyl (C=O) groups excluding carboxylic acids is 2. The molecule has 3 aromatic rings. The first-order valence-corrected chi connectivity index (χ1v) is 11.3. The van der Waals surface area contributed by atoms with E-state index in [9.17, 15) is 9.59 Å². The molecule has 1 N–H and O–H groups in total. The first-order chi connectivity index (χ1) is 15.6. The Morgan fingerprint density at radius 2 is 1.79 bits per heavy atom. The predicted octanol–water partition coefficient (Wildman–Crippen LogP) is 4.07. The van der Waals surface area contributed by atoms with Gasteiger partial charge in [-0.05, 0) is 46.6 Å². The number of hydrogen-bond acceptors (Lipinski definition) is 5. The molecular formula is C25H31N5O3. The topological polar surface area (TPSA) is 89.4 Å². The van der Waals surface area contributed by atoms with Crippen molar-refractivity contribution < 1.29 is 14.3 Å². The Kier molecular flexibility index (Phi) is 6.10. The third-order valence-corrected chi connectivity index (χ3v) is 5.77. The highest BCUT2D eigenvalue weighted by atomic mass is 16.6. The van der Waals surface area contributed by atoms with Crippen LogP contribution in [0.2, 0.25) is 0 Å². The minimum Gasteiger partial charge on any atom is -0.444 e. The molecule has 3 heterocycles. The van der Waals surface area contributed by atoms with Crippen molar-refractivity contribution in [3.63, 3.8) is 0 Å². The number of piperidine rings is 1. The molecule has 0 spiro atoms. The summed E-state index contributed by atoms with van der Waals surface area (Å²) >= 11 is 0. The zero-order valence-electron chi connectivity index (χ0n) is 19.9. The summed E-state index contributed by atoms with van der Waals surface area (Å²) in [7, 11) is 1.85. The first kappa shape index (κ1) is 22.8. The van der Waals surface area contributed by atoms with E-state index in [2.05, 4.69) is 10.4 Å². The van der Waals surface area contributed by atoms with Crippen LogP contribution in [-0.2, 0) is 11.8 Å². The van der Waals surface area contributed by atoms with Gasteiger partial charge in [0.25, 0.3) is 5.91 Å². The van der Waals surface area contributed by atoms with E-state index in [0.29, 0.717) is 37.1 Å². The fraction of sp³-hybridized carbons (Fsp3) is 0.440. The molecule has 0 atom stereocenters. The summed E-state index contributed by atoms with van der Waals surface area (Å²) in [4.78, 5) is 32.4. The van der Waals surface area contributed by atoms with Crippen LogP contribution in [0.25, 0.3) is 22.3 Å². The Morgan fingerprint density at radius 1 is 1.12 bits per heavy atom. The smallest absolute Gasteiger partial charge is 0.407 e. The number of aryl methyl sites for hydroxylation is 2. The second-order valence-corrected chi connectivity index (χ2v) is 9.54. The van der Waals surface area contributed by atoms with Crippen LogP contribution < -0.4 is 5.32 Å². The largest absolute Gasteiger partial charge is 0.444 e. The van der Waals surface area contributed by atoms with Crippen molar-refractivity contribution in [1.29, 1.82) is 0 Å². The molecule has 174 valence electrons. The van der Waals surface area contributed by atoms with E-state index >= 15 is 0 Å². The molecular weight excluding hydrogens is 418 g/mol. The standard InChI is InChI=1S/C25H31N5O3/c1-16-21-19(15-20(17-9-7-6-8-10-17)27-22(21)29(5)28-16)23(31)30-13-11-18(12-14-30)26-24(32)33-25(2,3)4/h6-10,15,18H,11-14H2,1-5H3,(H,26,32). The monoisotopic (exact) mass is 449 g/mol. The first-order valence-electron chi connectivity index (χ1n) is 11.3. The van der Waals surface area contributed by atoms with Gasteiger partial charge >= 0.3 is 6.09 Å². The van der Waals surface area contributed by atoms with E-state index in [-0.39, 0.29) is 11.9 Å². The number of carbonyl (C=O) groups is 2. The van der Waals surface area contributed by atoms with Crippen molar-refractivity contribution in [2.24, 2.45) is 7.05 Å². The lowest BCUT2D eigenvalue weighted by Gasteiger charge is -2.33. The number of likely N-dealkylation sites (tertiary alicyclic amines) is 1. The van der Waals surface area contributed by atoms with Crippen LogP contribution in [0.15, 0.2) is 36.4 Å². The second-order valence-electron chi connectivity index (χ2n) is 9.54. The lowest BCUT2D eigenvalue weighted by Crippen LogP contribution is -2.47. The van der Waals surface area contributed by atoms with Crippen molar-refractivity contribution in [1.82, 2.24) is 25.0 Å². The highest BCUT2D eigenvalue weighted by Crippen LogP contribution is 2.28. The van der Waals surface area contributed by atoms with E-state index in [4.69, 9.17) is 9.72 Å². The number of fused-ring (bicyclic) bond motifs is 1. The van der Waals surface area contributed by atoms with Gasteiger partial charge < -0.3 is 15.0 Å². The lowest BCUT2D eigenvalue weighted by atomic mass is 10.0. The van der Waals surface area contributed by atoms with Gasteiger partial charge in [0, 0.05) is 31.7 Å². The Morgan fingerprint density at radius 3 is 2.42 bits per heavy atom. The summed E-state index contributed by atoms with van der Waals surface area (Å²) in [6, 6.07) is 11.7. The summed E-state index contributed by atoms with van der Waals surface area (Å²) in [6.07, 6.45) is 0.940. The normalized spacial score (nSPS) is 15.0. The van der Waals surface area contributed by atoms with Gasteiger partial charge in [0.1, 0.15) is 5.60 Å². The Hall–Kier alpha value is -3.42. The van der Waals surface area contributed by atoms with Gasteiger partial charge in [0.05, 0.1) is 22.3 Å². The number of benzene rings is 1. The number of hydrogen-bond donors (Lipinski definition) is 1. The number of nitrogens with zero attached hydrogens (tertiary/aromatic N) is 4. The highest BCUT2D eigenvalue weighted by molar-refractivity contribution is 6.07. The zero-order chi connectivity index (χ0) is 23.8. The number of alkyl carbamates (subject to hydrolysis) is 1. The Balaban J connectivity index is 1.56. The van der Waals surface area contributed by atoms with Gasteiger partial charge in [-0.2, -0.15) is 5.10 Å². The zero-order valence-corrected chi connectivity index (χ0v) is 19.9. The van der Waals surface area contributed by atoms with Crippen molar-refractivity contribution in [3.05, 3.63) is 47.7 Å². The predicted molar refractivity (Wildman–Crippen MR) is 127 cm³/mol. The molecule has 33 heavy (non-hydrogen) atoms. The van der Waals surface area contributed by atoms with E-state index in [1.165, 1.54) is 0 Å². The number of rotatable bonds is 3. The number of nitrogens with one attached hydrogen (secondary N) is 1. The summed E-state index contributed by atoms with van der Waals surface area (Å²) in [5.41, 5.74) is 3.25. The Bertz CT molecular complexity index is 1170. The molecule has 0 radical (unpaired) electrons. The molecule has 1 aliphatic heterocycles. The fourth-order valence-electron chi connectivity index (χ4n) is 4.24. The van der Waals surface area contributed by atoms with Crippen LogP contribution in [0.1, 0.15) is 49.7 Å². The molecule has 2 aromatic heterocycles. The maximum absolute atomic E-state index is 13.6. The molecule has 1 aliphatic rings. The molecule has 4 rings (SSSR count). The number of aromatic nitrogens is 3. The molecule has 8 nitrogen and oxygen atoms in total. The molecule has 0 bridgehead atoms. The van der Waals surface area contributed by atoms with Crippen LogP contribution >= 0.6 is 0 Å². The SMILES string of the molecule is Cc1nn(C)c2nc(-c3ccccc3)cc(C(=O)N3CCC(NC(=O)OC(C)(C)C)CC3)c12. The minimum absolute atomic E-state index is 0.0126. The lowest BCUT2D eigenvalue weighted by molar-refractivity contribution is 0.0474. The van der Waals surface area contributed by atoms with E-state index in [1.54, 1.807) is 4.68 Å². The maximum atomic E-state index is 13.6. The van der Waals surface area contributed by atoms with Crippen molar-refractivity contribution >= 4 is 23.0 Å². The molecule has 2 amide bonds. The van der Waals surface area contributed by atoms with Gasteiger partial charge in [0.2, 0.25) is 0 Å². The summed E-state index contributed by atoms with van der Waals surface area (Å²) < 4.78 is 7.08. The van der Waals surface area contributed by atoms with Gasteiger partial charge in [-0.25, -0.2) is 9.78 Å². The summed E-state index contributed by atoms with van der Waals surface area (Å²) in [5.74, 6) is -0.0357. The second kappa shape index (κ2) is 8.84. The van der Waals surface area contributed by atoms with Crippen molar-refractivity contribution in [3.8, 4) is 11.3 Å². The molecule has 0 aliphatic carbocycles. The van der Waals surface area contributed by atoms with Crippen LogP contribution in [-0.4, -0.2) is 56.4 Å². The van der Waals surface area contributed by atoms with E-state index in [0.717, 1.165) is 22.3 Å². The molecule has 1 saturated heterocycles. The average Bonchev–Trinajstić information content (AvgIpc) is 3.06. The van der Waals surface area contributed by atoms with Crippen molar-refractivity contribution in [2.45, 2.75) is 52.2 Å². The minimum atomic E-state index is -0.536. The number of ether oxygens (including phenoxy) is 1. The number of pyridine rings is 1. The quantitative estimate of drug-likeness (QED) is 0.651. The van der Waals surface area contributed by atoms with Crippen LogP contribution in [0.4, 0.5) is 4.79 Å². The third-order valence-electron chi connectivity index (χ3n) is 5.77. The molecule has 0 unspecified atom stereocenters. The van der Waals surface area contributed by atoms with E-state index in [1.807, 2.05) is 76.0 Å². The number of amides is 2. The van der Waals surface area contributed by atoms with Crippen LogP contribution in [0, 0.1) is 6.92 Å². The molecule has 8 heteroatoms. The maximum Gasteiger partial charge on any atom is 0.407 e. The summed E-state index contributed by atoms with van der Waals surface area (Å²) in [6.45, 7) is 8.54. The fourth-order valence-corrected chi connectivity index (χ4v) is 4.24. The van der Waals surface area contributed by atoms with Gasteiger partial charge in [-0.3, -0.25) is 9.48 Å². The Labute approximate surface area is 193 Å². The summed E-state index contributed by atoms with van der Waals surface area (Å²) in [5, 5.41) is 8.22. The van der Waals surface area contributed by atoms with Gasteiger partial charge in [-0.15, -0.1) is 0 Å². The molecule has 1 fully saturated rings. The van der Waals surface area contributed by atoms with E-state index < -0.39 is 11.7 Å². The molecule has 1 aromatic carbocycles. The van der Waals surface area contributed by atoms with Crippen LogP contribution in [0.3, 0.4) is 0 Å². The highest BCUT2D eigenvalue weighted by Gasteiger charge is 2.28. The average molecular weight is 450 g/mol. The molecule has 0 saturated carbocycles. The van der Waals surface area contributed by atoms with Crippen molar-refractivity contribution in [2.75, 3.05) is 13.1 Å². The van der Waals surface area contributed by atoms with Gasteiger partial charge in [0.15, 0.2) is 5.65 Å². The van der Waals surface area contributed by atoms with Crippen LogP contribution in [0.5, 0.6) is 0 Å². The third kappa shape index (κ3) is 4.99. The van der Waals surface area contributed by atoms with Gasteiger partial charge in [-0.1, -0.05) is 30.3 Å².